The third kappa shape index (κ3) is 1.29. The summed E-state index contributed by atoms with van der Waals surface area (Å²) in [6.45, 7) is 2.71. The Hall–Kier alpha value is -1.06. The number of rotatable bonds is 2. The van der Waals surface area contributed by atoms with Crippen molar-refractivity contribution >= 4 is 11.9 Å². The fourth-order valence-corrected chi connectivity index (χ4v) is 2.42. The topological polar surface area (TPSA) is 49.4 Å². The quantitative estimate of drug-likeness (QED) is 0.722. The standard InChI is InChI=1S/C10H16N2O2/c1-2-10(5-3-6-10)12-7-4-8(13)11-9(12)14/h2-7H2,1H3,(H,11,13,14). The van der Waals surface area contributed by atoms with Crippen molar-refractivity contribution in [3.8, 4) is 0 Å². The van der Waals surface area contributed by atoms with Gasteiger partial charge in [0, 0.05) is 18.5 Å². The average molecular weight is 196 g/mol. The molecule has 0 aromatic heterocycles. The maximum Gasteiger partial charge on any atom is 0.324 e. The molecule has 1 aliphatic heterocycles. The fourth-order valence-electron chi connectivity index (χ4n) is 2.42. The molecule has 0 radical (unpaired) electrons. The van der Waals surface area contributed by atoms with Crippen molar-refractivity contribution in [2.75, 3.05) is 6.54 Å². The first kappa shape index (κ1) is 9.49. The molecule has 0 bridgehead atoms. The molecule has 0 atom stereocenters. The number of carbonyl (C=O) groups is 2. The molecule has 0 aromatic carbocycles. The first-order chi connectivity index (χ1) is 6.68. The Bertz CT molecular complexity index is 266. The Morgan fingerprint density at radius 1 is 1.43 bits per heavy atom. The average Bonchev–Trinajstić information content (AvgIpc) is 2.07. The van der Waals surface area contributed by atoms with E-state index < -0.39 is 0 Å². The van der Waals surface area contributed by atoms with Crippen LogP contribution in [0.1, 0.15) is 39.0 Å². The van der Waals surface area contributed by atoms with E-state index in [9.17, 15) is 9.59 Å². The van der Waals surface area contributed by atoms with Crippen LogP contribution in [-0.2, 0) is 4.79 Å². The van der Waals surface area contributed by atoms with Gasteiger partial charge in [-0.25, -0.2) is 4.79 Å². The molecular weight excluding hydrogens is 180 g/mol. The number of carbonyl (C=O) groups excluding carboxylic acids is 2. The zero-order valence-corrected chi connectivity index (χ0v) is 8.51. The van der Waals surface area contributed by atoms with Gasteiger partial charge < -0.3 is 4.90 Å². The van der Waals surface area contributed by atoms with Crippen molar-refractivity contribution in [2.24, 2.45) is 0 Å². The molecule has 1 heterocycles. The molecular formula is C10H16N2O2. The molecule has 78 valence electrons. The molecule has 1 saturated carbocycles. The molecule has 2 aliphatic rings. The molecule has 1 N–H and O–H groups in total. The molecule has 3 amide bonds. The van der Waals surface area contributed by atoms with Gasteiger partial charge in [0.2, 0.25) is 5.91 Å². The number of hydrogen-bond acceptors (Lipinski definition) is 2. The number of imide groups is 1. The number of nitrogens with one attached hydrogen (secondary N) is 1. The van der Waals surface area contributed by atoms with E-state index in [-0.39, 0.29) is 17.5 Å². The van der Waals surface area contributed by atoms with Gasteiger partial charge in [-0.15, -0.1) is 0 Å². The SMILES string of the molecule is CCC1(N2CCC(=O)NC2=O)CCC1. The lowest BCUT2D eigenvalue weighted by atomic mass is 9.73. The summed E-state index contributed by atoms with van der Waals surface area (Å²) in [4.78, 5) is 24.4. The molecule has 0 spiro atoms. The summed E-state index contributed by atoms with van der Waals surface area (Å²) in [5.41, 5.74) is 0.0603. The Balaban J connectivity index is 2.10. The summed E-state index contributed by atoms with van der Waals surface area (Å²) < 4.78 is 0. The van der Waals surface area contributed by atoms with Crippen LogP contribution in [0.15, 0.2) is 0 Å². The maximum absolute atomic E-state index is 11.6. The Kier molecular flexibility index (Phi) is 2.21. The minimum absolute atomic E-state index is 0.0603. The lowest BCUT2D eigenvalue weighted by Crippen LogP contribution is -2.62. The first-order valence-corrected chi connectivity index (χ1v) is 5.29. The van der Waals surface area contributed by atoms with Gasteiger partial charge in [-0.2, -0.15) is 0 Å². The van der Waals surface area contributed by atoms with Crippen molar-refractivity contribution in [2.45, 2.75) is 44.6 Å². The Morgan fingerprint density at radius 3 is 2.57 bits per heavy atom. The van der Waals surface area contributed by atoms with E-state index in [1.54, 1.807) is 0 Å². The normalized spacial score (nSPS) is 25.6. The van der Waals surface area contributed by atoms with Crippen LogP contribution in [0, 0.1) is 0 Å². The van der Waals surface area contributed by atoms with E-state index in [2.05, 4.69) is 12.2 Å². The number of nitrogens with zero attached hydrogens (tertiary/aromatic N) is 1. The largest absolute Gasteiger partial charge is 0.324 e. The van der Waals surface area contributed by atoms with Gasteiger partial charge in [0.05, 0.1) is 0 Å². The minimum Gasteiger partial charge on any atom is -0.318 e. The fraction of sp³-hybridized carbons (Fsp3) is 0.800. The highest BCUT2D eigenvalue weighted by molar-refractivity contribution is 5.97. The molecule has 4 nitrogen and oxygen atoms in total. The molecule has 2 rings (SSSR count). The second-order valence-electron chi connectivity index (χ2n) is 4.19. The zero-order chi connectivity index (χ0) is 10.2. The maximum atomic E-state index is 11.6. The van der Waals surface area contributed by atoms with Crippen molar-refractivity contribution in [3.05, 3.63) is 0 Å². The summed E-state index contributed by atoms with van der Waals surface area (Å²) in [5.74, 6) is -0.142. The number of amides is 3. The Labute approximate surface area is 83.6 Å². The highest BCUT2D eigenvalue weighted by Gasteiger charge is 2.44. The summed E-state index contributed by atoms with van der Waals surface area (Å²) in [6, 6.07) is -0.192. The van der Waals surface area contributed by atoms with Gasteiger partial charge in [-0.05, 0) is 25.7 Å². The molecule has 2 fully saturated rings. The summed E-state index contributed by atoms with van der Waals surface area (Å²) in [6.07, 6.45) is 4.82. The van der Waals surface area contributed by atoms with Gasteiger partial charge in [0.25, 0.3) is 0 Å². The van der Waals surface area contributed by atoms with Gasteiger partial charge in [0.1, 0.15) is 0 Å². The monoisotopic (exact) mass is 196 g/mol. The molecule has 1 saturated heterocycles. The predicted octanol–water partition coefficient (Wildman–Crippen LogP) is 1.26. The van der Waals surface area contributed by atoms with Crippen molar-refractivity contribution in [3.63, 3.8) is 0 Å². The Morgan fingerprint density at radius 2 is 2.14 bits per heavy atom. The van der Waals surface area contributed by atoms with Crippen LogP contribution in [0.3, 0.4) is 0 Å². The van der Waals surface area contributed by atoms with Crippen LogP contribution in [0.4, 0.5) is 4.79 Å². The van der Waals surface area contributed by atoms with E-state index in [1.807, 2.05) is 4.90 Å². The van der Waals surface area contributed by atoms with E-state index in [4.69, 9.17) is 0 Å². The van der Waals surface area contributed by atoms with E-state index in [0.29, 0.717) is 13.0 Å². The molecule has 0 aromatic rings. The number of urea groups is 1. The summed E-state index contributed by atoms with van der Waals surface area (Å²) in [7, 11) is 0. The van der Waals surface area contributed by atoms with E-state index >= 15 is 0 Å². The highest BCUT2D eigenvalue weighted by Crippen LogP contribution is 2.40. The zero-order valence-electron chi connectivity index (χ0n) is 8.51. The van der Waals surface area contributed by atoms with Crippen LogP contribution >= 0.6 is 0 Å². The second-order valence-corrected chi connectivity index (χ2v) is 4.19. The van der Waals surface area contributed by atoms with Crippen molar-refractivity contribution in [1.82, 2.24) is 10.2 Å². The lowest BCUT2D eigenvalue weighted by molar-refractivity contribution is -0.122. The van der Waals surface area contributed by atoms with Gasteiger partial charge in [-0.1, -0.05) is 6.92 Å². The van der Waals surface area contributed by atoms with Crippen LogP contribution in [0.5, 0.6) is 0 Å². The second kappa shape index (κ2) is 3.26. The third-order valence-electron chi connectivity index (χ3n) is 3.57. The molecule has 14 heavy (non-hydrogen) atoms. The molecule has 1 aliphatic carbocycles. The van der Waals surface area contributed by atoms with Crippen LogP contribution in [0.25, 0.3) is 0 Å². The summed E-state index contributed by atoms with van der Waals surface area (Å²) in [5, 5.41) is 2.39. The summed E-state index contributed by atoms with van der Waals surface area (Å²) >= 11 is 0. The van der Waals surface area contributed by atoms with Gasteiger partial charge in [0.15, 0.2) is 0 Å². The van der Waals surface area contributed by atoms with Crippen LogP contribution in [-0.4, -0.2) is 28.9 Å². The van der Waals surface area contributed by atoms with Crippen LogP contribution in [0.2, 0.25) is 0 Å². The third-order valence-corrected chi connectivity index (χ3v) is 3.57. The van der Waals surface area contributed by atoms with E-state index in [0.717, 1.165) is 19.3 Å². The van der Waals surface area contributed by atoms with E-state index in [1.165, 1.54) is 6.42 Å². The van der Waals surface area contributed by atoms with Crippen LogP contribution < -0.4 is 5.32 Å². The van der Waals surface area contributed by atoms with Gasteiger partial charge in [-0.3, -0.25) is 10.1 Å². The lowest BCUT2D eigenvalue weighted by Gasteiger charge is -2.50. The first-order valence-electron chi connectivity index (χ1n) is 5.29. The minimum atomic E-state index is -0.192. The van der Waals surface area contributed by atoms with Crippen molar-refractivity contribution < 1.29 is 9.59 Å². The molecule has 4 heteroatoms. The molecule has 0 unspecified atom stereocenters. The van der Waals surface area contributed by atoms with Gasteiger partial charge >= 0.3 is 6.03 Å². The predicted molar refractivity (Wildman–Crippen MR) is 51.7 cm³/mol. The smallest absolute Gasteiger partial charge is 0.318 e. The van der Waals surface area contributed by atoms with Crippen molar-refractivity contribution in [1.29, 1.82) is 0 Å². The number of hydrogen-bond donors (Lipinski definition) is 1. The highest BCUT2D eigenvalue weighted by atomic mass is 16.2.